The summed E-state index contributed by atoms with van der Waals surface area (Å²) in [5.74, 6) is 1.17. The number of thioether (sulfide) groups is 1. The number of nitrogens with two attached hydrogens (primary N) is 1. The van der Waals surface area contributed by atoms with Crippen molar-refractivity contribution in [3.05, 3.63) is 11.6 Å². The molecule has 2 nitrogen and oxygen atoms in total. The number of aromatic nitrogens is 1. The fourth-order valence-corrected chi connectivity index (χ4v) is 2.72. The van der Waals surface area contributed by atoms with Gasteiger partial charge >= 0.3 is 0 Å². The molecule has 0 fully saturated rings. The van der Waals surface area contributed by atoms with E-state index in [4.69, 9.17) is 5.73 Å². The van der Waals surface area contributed by atoms with Gasteiger partial charge in [-0.05, 0) is 19.8 Å². The monoisotopic (exact) mass is 216 g/mol. The first kappa shape index (κ1) is 11.0. The lowest BCUT2D eigenvalue weighted by atomic mass is 10.2. The molecular weight excluding hydrogens is 200 g/mol. The molecule has 0 amide bonds. The second-order valence-corrected chi connectivity index (χ2v) is 5.36. The third-order valence-corrected chi connectivity index (χ3v) is 3.74. The van der Waals surface area contributed by atoms with Crippen LogP contribution in [0.4, 0.5) is 0 Å². The van der Waals surface area contributed by atoms with E-state index < -0.39 is 0 Å². The Morgan fingerprint density at radius 1 is 1.62 bits per heavy atom. The molecule has 0 bridgehead atoms. The average molecular weight is 216 g/mol. The van der Waals surface area contributed by atoms with Gasteiger partial charge in [0, 0.05) is 23.4 Å². The molecule has 1 unspecified atom stereocenters. The first-order valence-corrected chi connectivity index (χ1v) is 6.43. The maximum absolute atomic E-state index is 5.65. The number of hydrogen-bond donors (Lipinski definition) is 1. The summed E-state index contributed by atoms with van der Waals surface area (Å²) >= 11 is 3.56. The normalized spacial score (nSPS) is 13.1. The van der Waals surface area contributed by atoms with E-state index in [2.05, 4.69) is 11.9 Å². The van der Waals surface area contributed by atoms with E-state index in [9.17, 15) is 0 Å². The highest BCUT2D eigenvalue weighted by molar-refractivity contribution is 8.00. The van der Waals surface area contributed by atoms with Crippen molar-refractivity contribution in [2.24, 2.45) is 5.73 Å². The van der Waals surface area contributed by atoms with Crippen molar-refractivity contribution in [1.29, 1.82) is 0 Å². The number of hydrogen-bond acceptors (Lipinski definition) is 4. The summed E-state index contributed by atoms with van der Waals surface area (Å²) in [6.45, 7) is 2.06. The summed E-state index contributed by atoms with van der Waals surface area (Å²) in [6.07, 6.45) is 5.47. The summed E-state index contributed by atoms with van der Waals surface area (Å²) in [5, 5.41) is 2.02. The SMILES string of the molecule is CC(N)CCCCSc1nccs1. The van der Waals surface area contributed by atoms with E-state index in [-0.39, 0.29) is 0 Å². The van der Waals surface area contributed by atoms with Crippen molar-refractivity contribution in [3.8, 4) is 0 Å². The van der Waals surface area contributed by atoms with Crippen LogP contribution in [0.1, 0.15) is 26.2 Å². The van der Waals surface area contributed by atoms with Gasteiger partial charge in [-0.15, -0.1) is 11.3 Å². The second-order valence-electron chi connectivity index (χ2n) is 3.12. The smallest absolute Gasteiger partial charge is 0.149 e. The fraction of sp³-hybridized carbons (Fsp3) is 0.667. The Kier molecular flexibility index (Phi) is 5.43. The highest BCUT2D eigenvalue weighted by Gasteiger charge is 1.97. The summed E-state index contributed by atoms with van der Waals surface area (Å²) in [6, 6.07) is 0.352. The van der Waals surface area contributed by atoms with Crippen molar-refractivity contribution < 1.29 is 0 Å². The zero-order valence-corrected chi connectivity index (χ0v) is 9.53. The van der Waals surface area contributed by atoms with Crippen LogP contribution in [0, 0.1) is 0 Å². The minimum absolute atomic E-state index is 0.352. The number of thiazole rings is 1. The third-order valence-electron chi connectivity index (χ3n) is 1.69. The lowest BCUT2D eigenvalue weighted by Gasteiger charge is -2.02. The molecule has 0 aliphatic carbocycles. The van der Waals surface area contributed by atoms with E-state index in [1.807, 2.05) is 23.3 Å². The standard InChI is InChI=1S/C9H16N2S2/c1-8(10)4-2-3-6-12-9-11-5-7-13-9/h5,7-8H,2-4,6,10H2,1H3. The maximum atomic E-state index is 5.65. The third kappa shape index (κ3) is 5.29. The zero-order chi connectivity index (χ0) is 9.52. The van der Waals surface area contributed by atoms with E-state index in [0.717, 1.165) is 6.42 Å². The van der Waals surface area contributed by atoms with Crippen LogP contribution in [0.5, 0.6) is 0 Å². The lowest BCUT2D eigenvalue weighted by molar-refractivity contribution is 0.618. The summed E-state index contributed by atoms with van der Waals surface area (Å²) in [5.41, 5.74) is 5.65. The first-order chi connectivity index (χ1) is 6.29. The zero-order valence-electron chi connectivity index (χ0n) is 7.90. The minimum atomic E-state index is 0.352. The van der Waals surface area contributed by atoms with Crippen LogP contribution in [-0.4, -0.2) is 16.8 Å². The Labute approximate surface area is 87.9 Å². The molecule has 4 heteroatoms. The number of unbranched alkanes of at least 4 members (excludes halogenated alkanes) is 1. The van der Waals surface area contributed by atoms with Crippen LogP contribution >= 0.6 is 23.1 Å². The van der Waals surface area contributed by atoms with Crippen molar-refractivity contribution in [3.63, 3.8) is 0 Å². The van der Waals surface area contributed by atoms with Gasteiger partial charge in [0.25, 0.3) is 0 Å². The molecule has 2 N–H and O–H groups in total. The molecular formula is C9H16N2S2. The van der Waals surface area contributed by atoms with Crippen molar-refractivity contribution in [2.75, 3.05) is 5.75 Å². The highest BCUT2D eigenvalue weighted by atomic mass is 32.2. The molecule has 74 valence electrons. The quantitative estimate of drug-likeness (QED) is 0.587. The predicted octanol–water partition coefficient (Wildman–Crippen LogP) is 2.75. The second kappa shape index (κ2) is 6.40. The van der Waals surface area contributed by atoms with Crippen LogP contribution in [0.15, 0.2) is 15.9 Å². The van der Waals surface area contributed by atoms with Gasteiger partial charge in [-0.2, -0.15) is 0 Å². The molecule has 0 aliphatic heterocycles. The van der Waals surface area contributed by atoms with Gasteiger partial charge < -0.3 is 5.73 Å². The molecule has 1 rings (SSSR count). The van der Waals surface area contributed by atoms with Gasteiger partial charge in [-0.25, -0.2) is 4.98 Å². The average Bonchev–Trinajstić information content (AvgIpc) is 2.55. The summed E-state index contributed by atoms with van der Waals surface area (Å²) in [4.78, 5) is 4.21. The Morgan fingerprint density at radius 3 is 3.08 bits per heavy atom. The first-order valence-electron chi connectivity index (χ1n) is 4.57. The van der Waals surface area contributed by atoms with E-state index in [1.54, 1.807) is 11.3 Å². The molecule has 0 radical (unpaired) electrons. The molecule has 0 saturated carbocycles. The lowest BCUT2D eigenvalue weighted by Crippen LogP contribution is -2.13. The largest absolute Gasteiger partial charge is 0.328 e. The molecule has 0 spiro atoms. The van der Waals surface area contributed by atoms with Crippen molar-refractivity contribution in [2.45, 2.75) is 36.6 Å². The molecule has 1 atom stereocenters. The van der Waals surface area contributed by atoms with Gasteiger partial charge in [-0.1, -0.05) is 18.2 Å². The van der Waals surface area contributed by atoms with Gasteiger partial charge in [0.1, 0.15) is 4.34 Å². The maximum Gasteiger partial charge on any atom is 0.149 e. The number of nitrogens with zero attached hydrogens (tertiary/aromatic N) is 1. The molecule has 0 aromatic carbocycles. The molecule has 1 heterocycles. The van der Waals surface area contributed by atoms with Gasteiger partial charge in [-0.3, -0.25) is 0 Å². The predicted molar refractivity (Wildman–Crippen MR) is 60.3 cm³/mol. The Hall–Kier alpha value is -0.0600. The Bertz CT molecular complexity index is 209. The van der Waals surface area contributed by atoms with Crippen molar-refractivity contribution >= 4 is 23.1 Å². The summed E-state index contributed by atoms with van der Waals surface area (Å²) in [7, 11) is 0. The Morgan fingerprint density at radius 2 is 2.46 bits per heavy atom. The fourth-order valence-electron chi connectivity index (χ4n) is 1.01. The van der Waals surface area contributed by atoms with Crippen LogP contribution in [-0.2, 0) is 0 Å². The van der Waals surface area contributed by atoms with E-state index in [0.29, 0.717) is 6.04 Å². The molecule has 1 aromatic heterocycles. The van der Waals surface area contributed by atoms with E-state index >= 15 is 0 Å². The number of rotatable bonds is 6. The molecule has 1 aromatic rings. The van der Waals surface area contributed by atoms with Crippen LogP contribution in [0.2, 0.25) is 0 Å². The van der Waals surface area contributed by atoms with E-state index in [1.165, 1.54) is 22.9 Å². The van der Waals surface area contributed by atoms with Gasteiger partial charge in [0.05, 0.1) is 0 Å². The molecule has 0 saturated heterocycles. The highest BCUT2D eigenvalue weighted by Crippen LogP contribution is 2.21. The molecule has 0 aliphatic rings. The van der Waals surface area contributed by atoms with Crippen LogP contribution in [0.25, 0.3) is 0 Å². The Balaban J connectivity index is 1.96. The topological polar surface area (TPSA) is 38.9 Å². The van der Waals surface area contributed by atoms with Crippen LogP contribution < -0.4 is 5.73 Å². The van der Waals surface area contributed by atoms with Crippen molar-refractivity contribution in [1.82, 2.24) is 4.98 Å². The van der Waals surface area contributed by atoms with Gasteiger partial charge in [0.15, 0.2) is 0 Å². The van der Waals surface area contributed by atoms with Crippen LogP contribution in [0.3, 0.4) is 0 Å². The minimum Gasteiger partial charge on any atom is -0.328 e. The summed E-state index contributed by atoms with van der Waals surface area (Å²) < 4.78 is 1.18. The molecule has 13 heavy (non-hydrogen) atoms. The van der Waals surface area contributed by atoms with Gasteiger partial charge in [0.2, 0.25) is 0 Å².